The minimum absolute atomic E-state index is 0.00000982. The van der Waals surface area contributed by atoms with Gasteiger partial charge in [0.05, 0.1) is 33.0 Å². The zero-order valence-corrected chi connectivity index (χ0v) is 17.6. The number of thiazole rings is 1. The van der Waals surface area contributed by atoms with Crippen molar-refractivity contribution < 1.29 is 19.2 Å². The van der Waals surface area contributed by atoms with Gasteiger partial charge in [-0.3, -0.25) is 10.1 Å². The Hall–Kier alpha value is -4.18. The second kappa shape index (κ2) is 9.31. The largest absolute Gasteiger partial charge is 0.494 e. The molecular formula is C22H16N4O5S. The van der Waals surface area contributed by atoms with E-state index in [1.807, 2.05) is 6.92 Å². The van der Waals surface area contributed by atoms with Crippen LogP contribution in [-0.4, -0.2) is 22.5 Å². The van der Waals surface area contributed by atoms with Crippen LogP contribution >= 0.6 is 11.3 Å². The Kier molecular flexibility index (Phi) is 6.13. The molecule has 0 radical (unpaired) electrons. The Morgan fingerprint density at radius 2 is 1.75 bits per heavy atom. The molecule has 4 aromatic rings. The van der Waals surface area contributed by atoms with Crippen LogP contribution in [0.25, 0.3) is 10.2 Å². The maximum atomic E-state index is 12.3. The lowest BCUT2D eigenvalue weighted by molar-refractivity contribution is -0.384. The lowest BCUT2D eigenvalue weighted by Crippen LogP contribution is -2.08. The fourth-order valence-corrected chi connectivity index (χ4v) is 3.58. The zero-order chi connectivity index (χ0) is 22.5. The molecule has 0 aliphatic heterocycles. The van der Waals surface area contributed by atoms with E-state index >= 15 is 0 Å². The van der Waals surface area contributed by atoms with Crippen LogP contribution in [0.5, 0.6) is 11.5 Å². The first kappa shape index (κ1) is 21.1. The van der Waals surface area contributed by atoms with Gasteiger partial charge in [-0.1, -0.05) is 11.3 Å². The predicted octanol–water partition coefficient (Wildman–Crippen LogP) is 6.24. The van der Waals surface area contributed by atoms with E-state index in [4.69, 9.17) is 9.47 Å². The van der Waals surface area contributed by atoms with E-state index in [1.165, 1.54) is 23.5 Å². The number of aromatic nitrogens is 1. The molecule has 1 aromatic heterocycles. The minimum Gasteiger partial charge on any atom is -0.494 e. The number of ether oxygens (including phenoxy) is 2. The summed E-state index contributed by atoms with van der Waals surface area (Å²) in [7, 11) is 0. The summed E-state index contributed by atoms with van der Waals surface area (Å²) in [4.78, 5) is 27.0. The van der Waals surface area contributed by atoms with Crippen LogP contribution < -0.4 is 9.47 Å². The molecule has 32 heavy (non-hydrogen) atoms. The lowest BCUT2D eigenvalue weighted by Gasteiger charge is -2.06. The highest BCUT2D eigenvalue weighted by Crippen LogP contribution is 2.32. The van der Waals surface area contributed by atoms with Gasteiger partial charge in [-0.15, -0.1) is 10.2 Å². The van der Waals surface area contributed by atoms with Gasteiger partial charge < -0.3 is 9.47 Å². The molecule has 0 saturated heterocycles. The highest BCUT2D eigenvalue weighted by atomic mass is 32.1. The molecule has 9 nitrogen and oxygen atoms in total. The summed E-state index contributed by atoms with van der Waals surface area (Å²) in [6.45, 7) is 2.44. The van der Waals surface area contributed by atoms with Gasteiger partial charge in [0.15, 0.2) is 0 Å². The van der Waals surface area contributed by atoms with E-state index in [0.717, 1.165) is 0 Å². The molecule has 1 heterocycles. The van der Waals surface area contributed by atoms with Crippen molar-refractivity contribution in [3.8, 4) is 11.5 Å². The highest BCUT2D eigenvalue weighted by molar-refractivity contribution is 7.21. The summed E-state index contributed by atoms with van der Waals surface area (Å²) in [6, 6.07) is 17.7. The number of non-ortho nitro benzene ring substituents is 1. The third-order valence-electron chi connectivity index (χ3n) is 4.27. The fourth-order valence-electron chi connectivity index (χ4n) is 2.76. The molecule has 0 aliphatic rings. The van der Waals surface area contributed by atoms with E-state index in [-0.39, 0.29) is 5.69 Å². The Morgan fingerprint density at radius 3 is 2.44 bits per heavy atom. The average molecular weight is 448 g/mol. The number of nitro benzene ring substituents is 1. The molecule has 0 aliphatic carbocycles. The van der Waals surface area contributed by atoms with Crippen molar-refractivity contribution >= 4 is 44.0 Å². The quantitative estimate of drug-likeness (QED) is 0.109. The van der Waals surface area contributed by atoms with E-state index in [2.05, 4.69) is 15.2 Å². The van der Waals surface area contributed by atoms with Crippen LogP contribution in [0.4, 0.5) is 16.5 Å². The zero-order valence-electron chi connectivity index (χ0n) is 16.8. The van der Waals surface area contributed by atoms with E-state index in [1.54, 1.807) is 54.6 Å². The SMILES string of the molecule is CCOc1ccc(C(=O)Oc2ccc(N=Nc3nc4ccc([N+](=O)[O-])cc4s3)cc2)cc1. The maximum absolute atomic E-state index is 12.3. The first-order valence-electron chi connectivity index (χ1n) is 9.53. The van der Waals surface area contributed by atoms with Crippen LogP contribution in [0.1, 0.15) is 17.3 Å². The van der Waals surface area contributed by atoms with Gasteiger partial charge in [0.25, 0.3) is 5.69 Å². The number of carbonyl (C=O) groups excluding carboxylic acids is 1. The summed E-state index contributed by atoms with van der Waals surface area (Å²) >= 11 is 1.21. The van der Waals surface area contributed by atoms with Gasteiger partial charge in [0.1, 0.15) is 11.5 Å². The second-order valence-electron chi connectivity index (χ2n) is 6.45. The number of nitro groups is 1. The Bertz CT molecular complexity index is 1300. The van der Waals surface area contributed by atoms with Crippen LogP contribution in [0.15, 0.2) is 77.0 Å². The van der Waals surface area contributed by atoms with Gasteiger partial charge in [0, 0.05) is 12.1 Å². The molecule has 0 bridgehead atoms. The molecular weight excluding hydrogens is 432 g/mol. The number of carbonyl (C=O) groups is 1. The highest BCUT2D eigenvalue weighted by Gasteiger charge is 2.11. The number of nitrogens with zero attached hydrogens (tertiary/aromatic N) is 4. The van der Waals surface area contributed by atoms with Crippen molar-refractivity contribution in [2.24, 2.45) is 10.2 Å². The smallest absolute Gasteiger partial charge is 0.343 e. The number of hydrogen-bond donors (Lipinski definition) is 0. The molecule has 0 N–H and O–H groups in total. The molecule has 4 rings (SSSR count). The average Bonchev–Trinajstić information content (AvgIpc) is 3.21. The standard InChI is InChI=1S/C22H16N4O5S/c1-2-30-17-8-3-14(4-9-17)21(27)31-18-10-5-15(6-11-18)24-25-22-23-19-12-7-16(26(28)29)13-20(19)32-22/h3-13H,2H2,1H3. The third-order valence-corrected chi connectivity index (χ3v) is 5.17. The van der Waals surface area contributed by atoms with Crippen molar-refractivity contribution in [2.75, 3.05) is 6.61 Å². The van der Waals surface area contributed by atoms with Gasteiger partial charge in [0.2, 0.25) is 5.13 Å². The first-order valence-corrected chi connectivity index (χ1v) is 10.4. The number of hydrogen-bond acceptors (Lipinski definition) is 9. The van der Waals surface area contributed by atoms with Crippen LogP contribution in [-0.2, 0) is 0 Å². The number of rotatable bonds is 7. The fraction of sp³-hybridized carbons (Fsp3) is 0.0909. The monoisotopic (exact) mass is 448 g/mol. The van der Waals surface area contributed by atoms with E-state index in [0.29, 0.717) is 44.7 Å². The van der Waals surface area contributed by atoms with Crippen molar-refractivity contribution in [2.45, 2.75) is 6.92 Å². The van der Waals surface area contributed by atoms with Gasteiger partial charge in [-0.25, -0.2) is 9.78 Å². The van der Waals surface area contributed by atoms with Gasteiger partial charge in [-0.2, -0.15) is 0 Å². The van der Waals surface area contributed by atoms with Gasteiger partial charge >= 0.3 is 5.97 Å². The Morgan fingerprint density at radius 1 is 1.03 bits per heavy atom. The molecule has 0 unspecified atom stereocenters. The molecule has 0 saturated carbocycles. The maximum Gasteiger partial charge on any atom is 0.343 e. The van der Waals surface area contributed by atoms with E-state index < -0.39 is 10.9 Å². The third kappa shape index (κ3) is 4.93. The summed E-state index contributed by atoms with van der Waals surface area (Å²) < 4.78 is 11.4. The Labute approximate surface area is 186 Å². The normalized spacial score (nSPS) is 11.0. The number of benzene rings is 3. The molecule has 0 spiro atoms. The Balaban J connectivity index is 1.41. The first-order chi connectivity index (χ1) is 15.5. The molecule has 0 amide bonds. The summed E-state index contributed by atoms with van der Waals surface area (Å²) in [6.07, 6.45) is 0. The lowest BCUT2D eigenvalue weighted by atomic mass is 10.2. The summed E-state index contributed by atoms with van der Waals surface area (Å²) in [5.41, 5.74) is 1.57. The summed E-state index contributed by atoms with van der Waals surface area (Å²) in [5.74, 6) is 0.575. The number of esters is 1. The molecule has 10 heteroatoms. The van der Waals surface area contributed by atoms with E-state index in [9.17, 15) is 14.9 Å². The predicted molar refractivity (Wildman–Crippen MR) is 119 cm³/mol. The second-order valence-corrected chi connectivity index (χ2v) is 7.46. The van der Waals surface area contributed by atoms with Crippen LogP contribution in [0.2, 0.25) is 0 Å². The van der Waals surface area contributed by atoms with Crippen molar-refractivity contribution in [3.63, 3.8) is 0 Å². The topological polar surface area (TPSA) is 116 Å². The van der Waals surface area contributed by atoms with Crippen LogP contribution in [0, 0.1) is 10.1 Å². The molecule has 0 fully saturated rings. The summed E-state index contributed by atoms with van der Waals surface area (Å²) in [5, 5.41) is 19.5. The van der Waals surface area contributed by atoms with Gasteiger partial charge in [-0.05, 0) is 61.5 Å². The van der Waals surface area contributed by atoms with Crippen LogP contribution in [0.3, 0.4) is 0 Å². The molecule has 0 atom stereocenters. The molecule has 160 valence electrons. The van der Waals surface area contributed by atoms with Crippen molar-refractivity contribution in [3.05, 3.63) is 82.4 Å². The van der Waals surface area contributed by atoms with Crippen molar-refractivity contribution in [1.29, 1.82) is 0 Å². The van der Waals surface area contributed by atoms with Crippen molar-refractivity contribution in [1.82, 2.24) is 4.98 Å². The molecule has 3 aromatic carbocycles. The number of azo groups is 1. The number of fused-ring (bicyclic) bond motifs is 1. The minimum atomic E-state index is -0.481.